The SMILES string of the molecule is CCN(CC)S(=O)(=O)c1ccc(SCC(=O)NCCSc2ccccc2)nc1. The van der Waals surface area contributed by atoms with Gasteiger partial charge in [-0.05, 0) is 24.3 Å². The van der Waals surface area contributed by atoms with E-state index in [4.69, 9.17) is 0 Å². The van der Waals surface area contributed by atoms with E-state index in [9.17, 15) is 13.2 Å². The second-order valence-electron chi connectivity index (χ2n) is 5.72. The summed E-state index contributed by atoms with van der Waals surface area (Å²) in [6, 6.07) is 13.2. The molecule has 0 atom stereocenters. The number of nitrogens with one attached hydrogen (secondary N) is 1. The number of rotatable bonds is 11. The highest BCUT2D eigenvalue weighted by atomic mass is 32.2. The number of amides is 1. The van der Waals surface area contributed by atoms with Gasteiger partial charge in [0, 0.05) is 36.5 Å². The predicted molar refractivity (Wildman–Crippen MR) is 115 cm³/mol. The summed E-state index contributed by atoms with van der Waals surface area (Å²) in [6.45, 7) is 5.02. The number of thioether (sulfide) groups is 2. The molecular formula is C19H25N3O3S3. The van der Waals surface area contributed by atoms with Gasteiger partial charge in [0.15, 0.2) is 0 Å². The Labute approximate surface area is 175 Å². The highest BCUT2D eigenvalue weighted by Crippen LogP contribution is 2.20. The fourth-order valence-corrected chi connectivity index (χ4v) is 5.25. The van der Waals surface area contributed by atoms with Crippen LogP contribution in [0.1, 0.15) is 13.8 Å². The van der Waals surface area contributed by atoms with Crippen molar-refractivity contribution in [3.63, 3.8) is 0 Å². The average molecular weight is 440 g/mol. The first-order valence-electron chi connectivity index (χ1n) is 9.01. The van der Waals surface area contributed by atoms with E-state index in [1.165, 1.54) is 33.2 Å². The van der Waals surface area contributed by atoms with Crippen LogP contribution in [0.5, 0.6) is 0 Å². The minimum atomic E-state index is -3.51. The molecule has 0 saturated carbocycles. The fraction of sp³-hybridized carbons (Fsp3) is 0.368. The van der Waals surface area contributed by atoms with Gasteiger partial charge in [0.25, 0.3) is 0 Å². The molecule has 0 fully saturated rings. The lowest BCUT2D eigenvalue weighted by molar-refractivity contribution is -0.118. The second kappa shape index (κ2) is 11.5. The van der Waals surface area contributed by atoms with Gasteiger partial charge in [-0.2, -0.15) is 4.31 Å². The maximum atomic E-state index is 12.4. The summed E-state index contributed by atoms with van der Waals surface area (Å²) < 4.78 is 26.3. The topological polar surface area (TPSA) is 79.4 Å². The zero-order valence-corrected chi connectivity index (χ0v) is 18.4. The second-order valence-corrected chi connectivity index (χ2v) is 9.82. The van der Waals surface area contributed by atoms with Crippen molar-refractivity contribution in [2.24, 2.45) is 0 Å². The van der Waals surface area contributed by atoms with Gasteiger partial charge in [-0.3, -0.25) is 4.79 Å². The molecule has 152 valence electrons. The van der Waals surface area contributed by atoms with Crippen LogP contribution in [0.3, 0.4) is 0 Å². The van der Waals surface area contributed by atoms with Crippen molar-refractivity contribution < 1.29 is 13.2 Å². The van der Waals surface area contributed by atoms with Crippen LogP contribution >= 0.6 is 23.5 Å². The highest BCUT2D eigenvalue weighted by Gasteiger charge is 2.21. The van der Waals surface area contributed by atoms with Crippen molar-refractivity contribution in [2.45, 2.75) is 28.7 Å². The van der Waals surface area contributed by atoms with Gasteiger partial charge in [-0.1, -0.05) is 43.8 Å². The Hall–Kier alpha value is -1.55. The molecule has 6 nitrogen and oxygen atoms in total. The van der Waals surface area contributed by atoms with Gasteiger partial charge in [-0.25, -0.2) is 13.4 Å². The molecule has 0 aliphatic heterocycles. The number of benzene rings is 1. The third-order valence-corrected chi connectivity index (χ3v) is 7.83. The third-order valence-electron chi connectivity index (χ3n) is 3.84. The first kappa shape index (κ1) is 22.7. The zero-order valence-electron chi connectivity index (χ0n) is 16.0. The largest absolute Gasteiger partial charge is 0.355 e. The number of carbonyl (C=O) groups is 1. The van der Waals surface area contributed by atoms with Gasteiger partial charge >= 0.3 is 0 Å². The molecule has 28 heavy (non-hydrogen) atoms. The summed E-state index contributed by atoms with van der Waals surface area (Å²) in [6.07, 6.45) is 1.35. The molecule has 9 heteroatoms. The first-order valence-corrected chi connectivity index (χ1v) is 12.4. The molecule has 0 aliphatic carbocycles. The summed E-state index contributed by atoms with van der Waals surface area (Å²) in [5.41, 5.74) is 0. The molecule has 1 N–H and O–H groups in total. The van der Waals surface area contributed by atoms with Crippen LogP contribution in [0.15, 0.2) is 63.5 Å². The summed E-state index contributed by atoms with van der Waals surface area (Å²) in [4.78, 5) is 17.5. The maximum absolute atomic E-state index is 12.4. The lowest BCUT2D eigenvalue weighted by atomic mass is 10.4. The Bertz CT molecular complexity index is 840. The number of carbonyl (C=O) groups excluding carboxylic acids is 1. The molecule has 1 aromatic carbocycles. The van der Waals surface area contributed by atoms with Gasteiger partial charge in [0.1, 0.15) is 4.90 Å². The normalized spacial score (nSPS) is 11.5. The molecule has 1 heterocycles. The lowest BCUT2D eigenvalue weighted by Crippen LogP contribution is -2.30. The Morgan fingerprint density at radius 2 is 1.79 bits per heavy atom. The molecule has 0 saturated heterocycles. The third kappa shape index (κ3) is 6.80. The van der Waals surface area contributed by atoms with E-state index in [0.717, 1.165) is 5.75 Å². The quantitative estimate of drug-likeness (QED) is 0.428. The zero-order chi connectivity index (χ0) is 20.4. The van der Waals surface area contributed by atoms with Crippen LogP contribution in [0.25, 0.3) is 0 Å². The van der Waals surface area contributed by atoms with Crippen LogP contribution in [-0.4, -0.2) is 54.8 Å². The van der Waals surface area contributed by atoms with E-state index in [2.05, 4.69) is 10.3 Å². The van der Waals surface area contributed by atoms with Crippen LogP contribution < -0.4 is 5.32 Å². The standard InChI is InChI=1S/C19H25N3O3S3/c1-3-22(4-2)28(24,25)17-10-11-19(21-14-17)27-15-18(23)20-12-13-26-16-8-6-5-7-9-16/h5-11,14H,3-4,12-13,15H2,1-2H3,(H,20,23). The van der Waals surface area contributed by atoms with Gasteiger partial charge in [0.2, 0.25) is 15.9 Å². The molecule has 2 rings (SSSR count). The minimum absolute atomic E-state index is 0.0692. The Morgan fingerprint density at radius 3 is 2.39 bits per heavy atom. The molecule has 0 radical (unpaired) electrons. The van der Waals surface area contributed by atoms with Crippen molar-refractivity contribution in [3.05, 3.63) is 48.7 Å². The molecule has 0 spiro atoms. The average Bonchev–Trinajstić information content (AvgIpc) is 2.71. The Balaban J connectivity index is 1.76. The smallest absolute Gasteiger partial charge is 0.244 e. The number of hydrogen-bond acceptors (Lipinski definition) is 6. The summed E-state index contributed by atoms with van der Waals surface area (Å²) >= 11 is 2.98. The van der Waals surface area contributed by atoms with Crippen molar-refractivity contribution in [3.8, 4) is 0 Å². The predicted octanol–water partition coefficient (Wildman–Crippen LogP) is 3.11. The number of pyridine rings is 1. The van der Waals surface area contributed by atoms with E-state index in [0.29, 0.717) is 24.7 Å². The van der Waals surface area contributed by atoms with Gasteiger partial charge in [0.05, 0.1) is 10.8 Å². The number of sulfonamides is 1. The monoisotopic (exact) mass is 439 g/mol. The molecule has 1 aromatic heterocycles. The van der Waals surface area contributed by atoms with Gasteiger partial charge in [-0.15, -0.1) is 11.8 Å². The van der Waals surface area contributed by atoms with Crippen molar-refractivity contribution in [1.82, 2.24) is 14.6 Å². The summed E-state index contributed by atoms with van der Waals surface area (Å²) in [5, 5.41) is 3.50. The van der Waals surface area contributed by atoms with E-state index in [1.54, 1.807) is 31.7 Å². The lowest BCUT2D eigenvalue weighted by Gasteiger charge is -2.18. The van der Waals surface area contributed by atoms with Crippen LogP contribution in [0.4, 0.5) is 0 Å². The number of hydrogen-bond donors (Lipinski definition) is 1. The molecule has 0 aliphatic rings. The molecule has 1 amide bonds. The van der Waals surface area contributed by atoms with E-state index in [1.807, 2.05) is 30.3 Å². The van der Waals surface area contributed by atoms with Gasteiger partial charge < -0.3 is 5.32 Å². The minimum Gasteiger partial charge on any atom is -0.355 e. The number of aromatic nitrogens is 1. The Morgan fingerprint density at radius 1 is 1.07 bits per heavy atom. The molecule has 0 bridgehead atoms. The van der Waals surface area contributed by atoms with Crippen LogP contribution in [-0.2, 0) is 14.8 Å². The molecule has 2 aromatic rings. The molecular weight excluding hydrogens is 414 g/mol. The van der Waals surface area contributed by atoms with Crippen molar-refractivity contribution in [2.75, 3.05) is 31.1 Å². The van der Waals surface area contributed by atoms with Crippen LogP contribution in [0.2, 0.25) is 0 Å². The van der Waals surface area contributed by atoms with Crippen LogP contribution in [0, 0.1) is 0 Å². The highest BCUT2D eigenvalue weighted by molar-refractivity contribution is 8.00. The van der Waals surface area contributed by atoms with E-state index < -0.39 is 10.0 Å². The Kier molecular flexibility index (Phi) is 9.30. The summed E-state index contributed by atoms with van der Waals surface area (Å²) in [5.74, 6) is 0.974. The van der Waals surface area contributed by atoms with E-state index in [-0.39, 0.29) is 16.6 Å². The first-order chi connectivity index (χ1) is 13.5. The molecule has 0 unspecified atom stereocenters. The van der Waals surface area contributed by atoms with Crippen molar-refractivity contribution >= 4 is 39.5 Å². The van der Waals surface area contributed by atoms with E-state index >= 15 is 0 Å². The van der Waals surface area contributed by atoms with Crippen molar-refractivity contribution in [1.29, 1.82) is 0 Å². The summed E-state index contributed by atoms with van der Waals surface area (Å²) in [7, 11) is -3.51. The maximum Gasteiger partial charge on any atom is 0.244 e. The fourth-order valence-electron chi connectivity index (χ4n) is 2.38. The number of nitrogens with zero attached hydrogens (tertiary/aromatic N) is 2.